The molecule has 1 fully saturated rings. The maximum Gasteiger partial charge on any atom is 0.418 e. The van der Waals surface area contributed by atoms with Gasteiger partial charge in [-0.15, -0.1) is 5.10 Å². The van der Waals surface area contributed by atoms with Crippen LogP contribution in [0, 0.1) is 0 Å². The van der Waals surface area contributed by atoms with Gasteiger partial charge in [0.25, 0.3) is 5.91 Å². The molecule has 1 saturated heterocycles. The number of nitrogens with zero attached hydrogens (tertiary/aromatic N) is 5. The highest BCUT2D eigenvalue weighted by molar-refractivity contribution is 5.92. The van der Waals surface area contributed by atoms with Gasteiger partial charge in [0.2, 0.25) is 0 Å². The first-order chi connectivity index (χ1) is 11.4. The number of halogens is 3. The van der Waals surface area contributed by atoms with E-state index in [1.54, 1.807) is 4.90 Å². The molecule has 1 aliphatic heterocycles. The number of likely N-dealkylation sites (N-methyl/N-ethyl adjacent to an activating group) is 1. The van der Waals surface area contributed by atoms with Crippen molar-refractivity contribution < 1.29 is 18.0 Å². The third-order valence-electron chi connectivity index (χ3n) is 3.96. The largest absolute Gasteiger partial charge is 0.418 e. The summed E-state index contributed by atoms with van der Waals surface area (Å²) in [5.41, 5.74) is -0.944. The summed E-state index contributed by atoms with van der Waals surface area (Å²) in [7, 11) is 1.96. The second kappa shape index (κ2) is 6.23. The summed E-state index contributed by atoms with van der Waals surface area (Å²) in [4.78, 5) is 16.1. The minimum atomic E-state index is -4.51. The third-order valence-corrected chi connectivity index (χ3v) is 3.96. The summed E-state index contributed by atoms with van der Waals surface area (Å²) >= 11 is 0. The second-order valence-corrected chi connectivity index (χ2v) is 5.66. The number of hydrogen-bond acceptors (Lipinski definition) is 4. The lowest BCUT2D eigenvalue weighted by atomic mass is 10.1. The molecule has 9 heteroatoms. The average Bonchev–Trinajstić information content (AvgIpc) is 3.04. The highest BCUT2D eigenvalue weighted by atomic mass is 19.4. The summed E-state index contributed by atoms with van der Waals surface area (Å²) in [6, 6.07) is 5.05. The Balaban J connectivity index is 1.85. The van der Waals surface area contributed by atoms with Gasteiger partial charge in [0.05, 0.1) is 17.4 Å². The van der Waals surface area contributed by atoms with E-state index in [9.17, 15) is 18.0 Å². The fourth-order valence-corrected chi connectivity index (χ4v) is 2.56. The van der Waals surface area contributed by atoms with E-state index in [4.69, 9.17) is 0 Å². The summed E-state index contributed by atoms with van der Waals surface area (Å²) in [6.45, 7) is 2.61. The summed E-state index contributed by atoms with van der Waals surface area (Å²) in [6.07, 6.45) is -3.27. The SMILES string of the molecule is CN1CCN(C(=O)c2cn(-c3ccccc3C(F)(F)F)nn2)CC1. The molecule has 1 aromatic carbocycles. The van der Waals surface area contributed by atoms with E-state index in [1.165, 1.54) is 24.4 Å². The molecule has 6 nitrogen and oxygen atoms in total. The number of benzene rings is 1. The quantitative estimate of drug-likeness (QED) is 0.835. The van der Waals surface area contributed by atoms with Crippen molar-refractivity contribution in [3.8, 4) is 5.69 Å². The molecule has 3 rings (SSSR count). The van der Waals surface area contributed by atoms with E-state index < -0.39 is 11.7 Å². The Kier molecular flexibility index (Phi) is 4.27. The number of alkyl halides is 3. The first-order valence-corrected chi connectivity index (χ1v) is 7.43. The fourth-order valence-electron chi connectivity index (χ4n) is 2.56. The molecular formula is C15H16F3N5O. The first kappa shape index (κ1) is 16.4. The molecule has 0 radical (unpaired) electrons. The van der Waals surface area contributed by atoms with Crippen molar-refractivity contribution in [2.45, 2.75) is 6.18 Å². The zero-order chi connectivity index (χ0) is 17.3. The van der Waals surface area contributed by atoms with Crippen LogP contribution in [-0.4, -0.2) is 63.9 Å². The zero-order valence-corrected chi connectivity index (χ0v) is 13.0. The zero-order valence-electron chi connectivity index (χ0n) is 13.0. The molecule has 0 bridgehead atoms. The number of aromatic nitrogens is 3. The van der Waals surface area contributed by atoms with E-state index in [0.29, 0.717) is 13.1 Å². The number of hydrogen-bond donors (Lipinski definition) is 0. The summed E-state index contributed by atoms with van der Waals surface area (Å²) in [5.74, 6) is -0.321. The Morgan fingerprint density at radius 3 is 2.46 bits per heavy atom. The average molecular weight is 339 g/mol. The van der Waals surface area contributed by atoms with Crippen LogP contribution in [0.25, 0.3) is 5.69 Å². The van der Waals surface area contributed by atoms with Gasteiger partial charge < -0.3 is 9.80 Å². The molecular weight excluding hydrogens is 323 g/mol. The number of amides is 1. The molecule has 0 N–H and O–H groups in total. The van der Waals surface area contributed by atoms with Crippen LogP contribution in [0.2, 0.25) is 0 Å². The van der Waals surface area contributed by atoms with Crippen molar-refractivity contribution in [2.75, 3.05) is 33.2 Å². The Bertz CT molecular complexity index is 735. The monoisotopic (exact) mass is 339 g/mol. The van der Waals surface area contributed by atoms with E-state index in [-0.39, 0.29) is 17.3 Å². The molecule has 2 aromatic rings. The van der Waals surface area contributed by atoms with Crippen LogP contribution in [0.15, 0.2) is 30.5 Å². The van der Waals surface area contributed by atoms with E-state index in [0.717, 1.165) is 23.8 Å². The van der Waals surface area contributed by atoms with Gasteiger partial charge in [-0.05, 0) is 19.2 Å². The van der Waals surface area contributed by atoms with Gasteiger partial charge in [-0.1, -0.05) is 17.3 Å². The second-order valence-electron chi connectivity index (χ2n) is 5.66. The number of piperazine rings is 1. The molecule has 1 amide bonds. The van der Waals surface area contributed by atoms with Gasteiger partial charge in [0.1, 0.15) is 0 Å². The lowest BCUT2D eigenvalue weighted by Crippen LogP contribution is -2.47. The molecule has 2 heterocycles. The van der Waals surface area contributed by atoms with Gasteiger partial charge >= 0.3 is 6.18 Å². The van der Waals surface area contributed by atoms with Crippen molar-refractivity contribution >= 4 is 5.91 Å². The minimum absolute atomic E-state index is 0.0385. The predicted octanol–water partition coefficient (Wildman–Crippen LogP) is 1.67. The Labute approximate surface area is 136 Å². The topological polar surface area (TPSA) is 54.3 Å². The standard InChI is InChI=1S/C15H16F3N5O/c1-21-6-8-22(9-7-21)14(24)12-10-23(20-19-12)13-5-3-2-4-11(13)15(16,17)18/h2-5,10H,6-9H2,1H3. The van der Waals surface area contributed by atoms with Crippen LogP contribution in [0.5, 0.6) is 0 Å². The molecule has 128 valence electrons. The van der Waals surface area contributed by atoms with Gasteiger partial charge in [-0.25, -0.2) is 4.68 Å². The van der Waals surface area contributed by atoms with Crippen molar-refractivity contribution in [1.29, 1.82) is 0 Å². The fraction of sp³-hybridized carbons (Fsp3) is 0.400. The normalized spacial score (nSPS) is 16.4. The minimum Gasteiger partial charge on any atom is -0.335 e. The molecule has 0 atom stereocenters. The summed E-state index contributed by atoms with van der Waals surface area (Å²) < 4.78 is 40.2. The summed E-state index contributed by atoms with van der Waals surface area (Å²) in [5, 5.41) is 7.45. The van der Waals surface area contributed by atoms with Crippen LogP contribution >= 0.6 is 0 Å². The van der Waals surface area contributed by atoms with Crippen LogP contribution in [0.4, 0.5) is 13.2 Å². The Hall–Kier alpha value is -2.42. The van der Waals surface area contributed by atoms with Crippen molar-refractivity contribution in [3.63, 3.8) is 0 Å². The molecule has 1 aromatic heterocycles. The van der Waals surface area contributed by atoms with Crippen molar-refractivity contribution in [3.05, 3.63) is 41.7 Å². The Morgan fingerprint density at radius 1 is 1.12 bits per heavy atom. The molecule has 1 aliphatic rings. The highest BCUT2D eigenvalue weighted by Crippen LogP contribution is 2.33. The lowest BCUT2D eigenvalue weighted by molar-refractivity contribution is -0.137. The smallest absolute Gasteiger partial charge is 0.335 e. The van der Waals surface area contributed by atoms with E-state index in [1.807, 2.05) is 7.05 Å². The molecule has 0 saturated carbocycles. The van der Waals surface area contributed by atoms with Gasteiger partial charge in [-0.3, -0.25) is 4.79 Å². The molecule has 0 aliphatic carbocycles. The molecule has 0 spiro atoms. The lowest BCUT2D eigenvalue weighted by Gasteiger charge is -2.31. The van der Waals surface area contributed by atoms with Crippen LogP contribution < -0.4 is 0 Å². The van der Waals surface area contributed by atoms with Gasteiger partial charge in [0, 0.05) is 26.2 Å². The van der Waals surface area contributed by atoms with Crippen LogP contribution in [0.3, 0.4) is 0 Å². The number of carbonyl (C=O) groups is 1. The van der Waals surface area contributed by atoms with Crippen molar-refractivity contribution in [1.82, 2.24) is 24.8 Å². The van der Waals surface area contributed by atoms with E-state index in [2.05, 4.69) is 15.2 Å². The van der Waals surface area contributed by atoms with Crippen LogP contribution in [-0.2, 0) is 6.18 Å². The van der Waals surface area contributed by atoms with Crippen LogP contribution in [0.1, 0.15) is 16.1 Å². The Morgan fingerprint density at radius 2 is 1.79 bits per heavy atom. The number of rotatable bonds is 2. The molecule has 0 unspecified atom stereocenters. The maximum absolute atomic E-state index is 13.1. The molecule has 24 heavy (non-hydrogen) atoms. The number of para-hydroxylation sites is 1. The third kappa shape index (κ3) is 3.25. The highest BCUT2D eigenvalue weighted by Gasteiger charge is 2.34. The predicted molar refractivity (Wildman–Crippen MR) is 79.8 cm³/mol. The number of carbonyl (C=O) groups excluding carboxylic acids is 1. The van der Waals surface area contributed by atoms with Crippen molar-refractivity contribution in [2.24, 2.45) is 0 Å². The first-order valence-electron chi connectivity index (χ1n) is 7.43. The van der Waals surface area contributed by atoms with Gasteiger partial charge in [0.15, 0.2) is 5.69 Å². The maximum atomic E-state index is 13.1. The van der Waals surface area contributed by atoms with E-state index >= 15 is 0 Å². The van der Waals surface area contributed by atoms with Gasteiger partial charge in [-0.2, -0.15) is 13.2 Å².